The molecule has 4 nitrogen and oxygen atoms in total. The highest BCUT2D eigenvalue weighted by Crippen LogP contribution is 2.54. The van der Waals surface area contributed by atoms with Crippen LogP contribution in [0.2, 0.25) is 0 Å². The van der Waals surface area contributed by atoms with Crippen LogP contribution in [0.5, 0.6) is 0 Å². The van der Waals surface area contributed by atoms with Gasteiger partial charge >= 0.3 is 0 Å². The number of hydrogen-bond donors (Lipinski definition) is 1. The molecule has 0 aromatic carbocycles. The van der Waals surface area contributed by atoms with E-state index in [9.17, 15) is 15.7 Å². The molecule has 3 aliphatic rings. The fraction of sp³-hybridized carbons (Fsp3) is 0.867. The lowest BCUT2D eigenvalue weighted by Crippen LogP contribution is -2.69. The number of nitrogens with zero attached hydrogens (tertiary/aromatic N) is 3. The van der Waals surface area contributed by atoms with Crippen molar-refractivity contribution in [3.05, 3.63) is 0 Å². The van der Waals surface area contributed by atoms with Gasteiger partial charge in [0, 0.05) is 0 Å². The first kappa shape index (κ1) is 12.9. The SMILES string of the molecule is N#C[C@]12CCCC[C@H]1C[C@@H]1CCCC[C@@]1(C#N)N2O. The van der Waals surface area contributed by atoms with Crippen molar-refractivity contribution in [3.8, 4) is 12.1 Å². The van der Waals surface area contributed by atoms with Gasteiger partial charge in [0.15, 0.2) is 0 Å². The minimum Gasteiger partial charge on any atom is -0.311 e. The lowest BCUT2D eigenvalue weighted by Gasteiger charge is -2.58. The molecule has 4 heteroatoms. The maximum absolute atomic E-state index is 10.8. The van der Waals surface area contributed by atoms with Crippen LogP contribution in [0.4, 0.5) is 0 Å². The van der Waals surface area contributed by atoms with Crippen molar-refractivity contribution in [2.45, 2.75) is 68.9 Å². The fourth-order valence-electron chi connectivity index (χ4n) is 4.73. The summed E-state index contributed by atoms with van der Waals surface area (Å²) < 4.78 is 0. The summed E-state index contributed by atoms with van der Waals surface area (Å²) in [6.07, 6.45) is 8.65. The van der Waals surface area contributed by atoms with Crippen molar-refractivity contribution in [1.29, 1.82) is 10.5 Å². The van der Waals surface area contributed by atoms with Gasteiger partial charge in [-0.25, -0.2) is 0 Å². The molecular weight excluding hydrogens is 238 g/mol. The van der Waals surface area contributed by atoms with E-state index < -0.39 is 11.1 Å². The molecule has 0 aromatic rings. The Bertz CT molecular complexity index is 411. The van der Waals surface area contributed by atoms with Crippen molar-refractivity contribution >= 4 is 0 Å². The number of nitriles is 2. The Labute approximate surface area is 114 Å². The molecule has 1 N–H and O–H groups in total. The van der Waals surface area contributed by atoms with Crippen LogP contribution in [0, 0.1) is 34.5 Å². The van der Waals surface area contributed by atoms with Gasteiger partial charge < -0.3 is 5.21 Å². The highest BCUT2D eigenvalue weighted by atomic mass is 16.5. The summed E-state index contributed by atoms with van der Waals surface area (Å²) in [5.74, 6) is 0.474. The molecule has 0 unspecified atom stereocenters. The van der Waals surface area contributed by atoms with Crippen LogP contribution in [0.25, 0.3) is 0 Å². The average Bonchev–Trinajstić information content (AvgIpc) is 2.48. The normalized spacial score (nSPS) is 46.5. The van der Waals surface area contributed by atoms with E-state index in [2.05, 4.69) is 12.1 Å². The quantitative estimate of drug-likeness (QED) is 0.726. The molecule has 19 heavy (non-hydrogen) atoms. The monoisotopic (exact) mass is 259 g/mol. The lowest BCUT2D eigenvalue weighted by atomic mass is 9.58. The Hall–Kier alpha value is -1.10. The van der Waals surface area contributed by atoms with Gasteiger partial charge in [-0.2, -0.15) is 15.6 Å². The number of rotatable bonds is 0. The molecule has 0 bridgehead atoms. The predicted molar refractivity (Wildman–Crippen MR) is 68.8 cm³/mol. The zero-order chi connectivity index (χ0) is 13.5. The third-order valence-electron chi connectivity index (χ3n) is 5.78. The molecule has 3 fully saturated rings. The molecule has 102 valence electrons. The highest BCUT2D eigenvalue weighted by Gasteiger charge is 2.62. The Morgan fingerprint density at radius 2 is 1.37 bits per heavy atom. The van der Waals surface area contributed by atoms with E-state index in [0.717, 1.165) is 44.9 Å². The Kier molecular flexibility index (Phi) is 3.04. The molecule has 2 aliphatic carbocycles. The summed E-state index contributed by atoms with van der Waals surface area (Å²) in [6.45, 7) is 0. The number of hydroxylamine groups is 2. The summed E-state index contributed by atoms with van der Waals surface area (Å²) >= 11 is 0. The second-order valence-corrected chi connectivity index (χ2v) is 6.51. The van der Waals surface area contributed by atoms with Gasteiger partial charge in [0.2, 0.25) is 0 Å². The molecule has 4 atom stereocenters. The van der Waals surface area contributed by atoms with Crippen LogP contribution in [-0.4, -0.2) is 21.3 Å². The summed E-state index contributed by atoms with van der Waals surface area (Å²) in [6, 6.07) is 4.77. The van der Waals surface area contributed by atoms with E-state index in [0.29, 0.717) is 12.8 Å². The van der Waals surface area contributed by atoms with Gasteiger partial charge in [-0.05, 0) is 43.9 Å². The van der Waals surface area contributed by atoms with E-state index in [1.165, 1.54) is 5.06 Å². The molecule has 0 aromatic heterocycles. The fourth-order valence-corrected chi connectivity index (χ4v) is 4.73. The summed E-state index contributed by atoms with van der Waals surface area (Å²) in [4.78, 5) is 0. The molecule has 0 spiro atoms. The molecular formula is C15H21N3O. The van der Waals surface area contributed by atoms with Crippen molar-refractivity contribution in [1.82, 2.24) is 5.06 Å². The van der Waals surface area contributed by atoms with Gasteiger partial charge in [-0.3, -0.25) is 0 Å². The first-order chi connectivity index (χ1) is 9.19. The van der Waals surface area contributed by atoms with E-state index in [-0.39, 0.29) is 11.8 Å². The second kappa shape index (κ2) is 4.47. The lowest BCUT2D eigenvalue weighted by molar-refractivity contribution is -0.275. The van der Waals surface area contributed by atoms with Crippen LogP contribution in [0.15, 0.2) is 0 Å². The molecule has 2 saturated carbocycles. The van der Waals surface area contributed by atoms with Gasteiger partial charge in [0.1, 0.15) is 11.1 Å². The Morgan fingerprint density at radius 3 is 1.79 bits per heavy atom. The molecule has 3 rings (SSSR count). The van der Waals surface area contributed by atoms with E-state index >= 15 is 0 Å². The third-order valence-corrected chi connectivity index (χ3v) is 5.78. The Balaban J connectivity index is 2.04. The van der Waals surface area contributed by atoms with Crippen molar-refractivity contribution < 1.29 is 5.21 Å². The number of fused-ring (bicyclic) bond motifs is 2. The largest absolute Gasteiger partial charge is 0.311 e. The standard InChI is InChI=1S/C15H21N3O/c16-10-14-7-3-1-5-12(14)9-13-6-2-4-8-15(13,11-17)18(14)19/h12-13,19H,1-9H2/t12-,13-,14-,15+/m0/s1. The molecule has 0 radical (unpaired) electrons. The zero-order valence-electron chi connectivity index (χ0n) is 11.3. The smallest absolute Gasteiger partial charge is 0.137 e. The van der Waals surface area contributed by atoms with Crippen molar-refractivity contribution in [2.75, 3.05) is 0 Å². The van der Waals surface area contributed by atoms with Crippen molar-refractivity contribution in [3.63, 3.8) is 0 Å². The summed E-state index contributed by atoms with van der Waals surface area (Å²) in [7, 11) is 0. The minimum absolute atomic E-state index is 0.237. The molecule has 1 heterocycles. The molecule has 1 saturated heterocycles. The first-order valence-corrected chi connectivity index (χ1v) is 7.51. The third kappa shape index (κ3) is 1.57. The van der Waals surface area contributed by atoms with Crippen LogP contribution >= 0.6 is 0 Å². The van der Waals surface area contributed by atoms with Crippen LogP contribution < -0.4 is 0 Å². The van der Waals surface area contributed by atoms with Crippen molar-refractivity contribution in [2.24, 2.45) is 11.8 Å². The van der Waals surface area contributed by atoms with E-state index in [1.54, 1.807) is 0 Å². The van der Waals surface area contributed by atoms with E-state index in [4.69, 9.17) is 0 Å². The van der Waals surface area contributed by atoms with Gasteiger partial charge in [-0.15, -0.1) is 0 Å². The van der Waals surface area contributed by atoms with Crippen LogP contribution in [-0.2, 0) is 0 Å². The Morgan fingerprint density at radius 1 is 0.895 bits per heavy atom. The topological polar surface area (TPSA) is 71.0 Å². The second-order valence-electron chi connectivity index (χ2n) is 6.51. The maximum Gasteiger partial charge on any atom is 0.137 e. The predicted octanol–water partition coefficient (Wildman–Crippen LogP) is 2.99. The minimum atomic E-state index is -0.804. The number of hydrogen-bond acceptors (Lipinski definition) is 4. The highest BCUT2D eigenvalue weighted by molar-refractivity contribution is 5.25. The summed E-state index contributed by atoms with van der Waals surface area (Å²) in [5, 5.41) is 31.4. The molecule has 0 amide bonds. The zero-order valence-corrected chi connectivity index (χ0v) is 11.3. The van der Waals surface area contributed by atoms with Crippen LogP contribution in [0.1, 0.15) is 57.8 Å². The molecule has 1 aliphatic heterocycles. The number of piperidine rings is 1. The van der Waals surface area contributed by atoms with Crippen LogP contribution in [0.3, 0.4) is 0 Å². The average molecular weight is 259 g/mol. The van der Waals surface area contributed by atoms with Gasteiger partial charge in [0.05, 0.1) is 12.1 Å². The van der Waals surface area contributed by atoms with E-state index in [1.807, 2.05) is 0 Å². The van der Waals surface area contributed by atoms with Gasteiger partial charge in [0.25, 0.3) is 0 Å². The maximum atomic E-state index is 10.8. The van der Waals surface area contributed by atoms with Gasteiger partial charge in [-0.1, -0.05) is 25.7 Å². The first-order valence-electron chi connectivity index (χ1n) is 7.51. The summed E-state index contributed by atoms with van der Waals surface area (Å²) in [5.41, 5.74) is -1.61.